The first-order valence-corrected chi connectivity index (χ1v) is 3.50. The molecule has 4 heteroatoms. The van der Waals surface area contributed by atoms with Crippen molar-refractivity contribution in [1.82, 2.24) is 0 Å². The highest BCUT2D eigenvalue weighted by atomic mass is 16.7. The Kier molecular flexibility index (Phi) is 2.99. The molecule has 0 saturated carbocycles. The number of carbonyl (C=O) groups is 1. The maximum absolute atomic E-state index is 11.0. The predicted molar refractivity (Wildman–Crippen MR) is 37.2 cm³/mol. The third-order valence-electron chi connectivity index (χ3n) is 1.60. The molecule has 0 bridgehead atoms. The topological polar surface area (TPSA) is 44.8 Å². The first-order chi connectivity index (χ1) is 5.25. The summed E-state index contributed by atoms with van der Waals surface area (Å²) in [7, 11) is 1.52. The zero-order valence-corrected chi connectivity index (χ0v) is 6.70. The fraction of sp³-hybridized carbons (Fsp3) is 0.857. The largest absolute Gasteiger partial charge is 0.367 e. The van der Waals surface area contributed by atoms with E-state index in [0.29, 0.717) is 0 Å². The van der Waals surface area contributed by atoms with E-state index in [0.717, 1.165) is 0 Å². The summed E-state index contributed by atoms with van der Waals surface area (Å²) in [5.41, 5.74) is 0. The minimum atomic E-state index is -0.435. The highest BCUT2D eigenvalue weighted by molar-refractivity contribution is 5.86. The second-order valence-corrected chi connectivity index (χ2v) is 2.48. The smallest absolute Gasteiger partial charge is 0.189 e. The lowest BCUT2D eigenvalue weighted by Crippen LogP contribution is -2.28. The maximum atomic E-state index is 11.0. The van der Waals surface area contributed by atoms with Crippen LogP contribution in [0.25, 0.3) is 0 Å². The molecule has 0 aliphatic carbocycles. The molecule has 0 unspecified atom stereocenters. The van der Waals surface area contributed by atoms with Gasteiger partial charge in [-0.25, -0.2) is 0 Å². The highest BCUT2D eigenvalue weighted by Crippen LogP contribution is 2.12. The molecule has 0 amide bonds. The lowest BCUT2D eigenvalue weighted by Gasteiger charge is -2.12. The SMILES string of the molecule is COCO[C@H]1C(=O)CO[C@@H]1C. The van der Waals surface area contributed by atoms with Crippen molar-refractivity contribution in [3.63, 3.8) is 0 Å². The van der Waals surface area contributed by atoms with Crippen molar-refractivity contribution in [3.05, 3.63) is 0 Å². The fourth-order valence-corrected chi connectivity index (χ4v) is 1.01. The van der Waals surface area contributed by atoms with Gasteiger partial charge in [0.1, 0.15) is 19.5 Å². The second kappa shape index (κ2) is 3.80. The molecule has 0 aromatic rings. The van der Waals surface area contributed by atoms with E-state index in [2.05, 4.69) is 4.74 Å². The molecule has 1 fully saturated rings. The molecule has 1 heterocycles. The molecule has 0 radical (unpaired) electrons. The molecule has 2 atom stereocenters. The number of methoxy groups -OCH3 is 1. The fourth-order valence-electron chi connectivity index (χ4n) is 1.01. The Morgan fingerprint density at radius 2 is 2.45 bits per heavy atom. The van der Waals surface area contributed by atoms with E-state index in [-0.39, 0.29) is 25.3 Å². The minimum absolute atomic E-state index is 0.00505. The van der Waals surface area contributed by atoms with Gasteiger partial charge in [0.25, 0.3) is 0 Å². The monoisotopic (exact) mass is 160 g/mol. The number of rotatable bonds is 3. The number of hydrogen-bond acceptors (Lipinski definition) is 4. The molecule has 0 aromatic heterocycles. The average Bonchev–Trinajstić information content (AvgIpc) is 2.29. The van der Waals surface area contributed by atoms with Gasteiger partial charge in [-0.15, -0.1) is 0 Å². The number of carbonyl (C=O) groups excluding carboxylic acids is 1. The molecule has 1 aliphatic rings. The van der Waals surface area contributed by atoms with Crippen molar-refractivity contribution < 1.29 is 19.0 Å². The molecule has 11 heavy (non-hydrogen) atoms. The molecular weight excluding hydrogens is 148 g/mol. The van der Waals surface area contributed by atoms with E-state index in [1.54, 1.807) is 0 Å². The Morgan fingerprint density at radius 3 is 2.91 bits per heavy atom. The Bertz CT molecular complexity index is 145. The van der Waals surface area contributed by atoms with Crippen LogP contribution in [-0.2, 0) is 19.0 Å². The summed E-state index contributed by atoms with van der Waals surface area (Å²) in [6.45, 7) is 2.12. The standard InChI is InChI=1S/C7H12O4/c1-5-7(11-4-9-2)6(8)3-10-5/h5,7H,3-4H2,1-2H3/t5-,7-/m1/s1. The van der Waals surface area contributed by atoms with Gasteiger partial charge < -0.3 is 14.2 Å². The Labute approximate surface area is 65.4 Å². The number of Topliss-reactive ketones (excluding diaryl/α,β-unsaturated/α-hetero) is 1. The van der Waals surface area contributed by atoms with Gasteiger partial charge in [0.2, 0.25) is 0 Å². The molecule has 0 spiro atoms. The van der Waals surface area contributed by atoms with Crippen molar-refractivity contribution in [3.8, 4) is 0 Å². The Balaban J connectivity index is 2.35. The van der Waals surface area contributed by atoms with E-state index in [1.165, 1.54) is 7.11 Å². The third kappa shape index (κ3) is 1.99. The number of ether oxygens (including phenoxy) is 3. The van der Waals surface area contributed by atoms with Crippen molar-refractivity contribution in [2.75, 3.05) is 20.5 Å². The lowest BCUT2D eigenvalue weighted by atomic mass is 10.2. The molecule has 1 saturated heterocycles. The number of hydrogen-bond donors (Lipinski definition) is 0. The second-order valence-electron chi connectivity index (χ2n) is 2.48. The molecule has 64 valence electrons. The van der Waals surface area contributed by atoms with Crippen LogP contribution in [0.4, 0.5) is 0 Å². The van der Waals surface area contributed by atoms with Gasteiger partial charge in [0, 0.05) is 7.11 Å². The molecular formula is C7H12O4. The van der Waals surface area contributed by atoms with Gasteiger partial charge >= 0.3 is 0 Å². The van der Waals surface area contributed by atoms with Crippen LogP contribution in [0.15, 0.2) is 0 Å². The average molecular weight is 160 g/mol. The van der Waals surface area contributed by atoms with Crippen molar-refractivity contribution in [1.29, 1.82) is 0 Å². The summed E-state index contributed by atoms with van der Waals surface area (Å²) in [5.74, 6) is -0.00505. The highest BCUT2D eigenvalue weighted by Gasteiger charge is 2.33. The van der Waals surface area contributed by atoms with E-state index in [1.807, 2.05) is 6.92 Å². The van der Waals surface area contributed by atoms with Crippen LogP contribution in [0.1, 0.15) is 6.92 Å². The van der Waals surface area contributed by atoms with Crippen molar-refractivity contribution in [2.24, 2.45) is 0 Å². The van der Waals surface area contributed by atoms with Gasteiger partial charge in [-0.05, 0) is 6.92 Å². The summed E-state index contributed by atoms with van der Waals surface area (Å²) in [6, 6.07) is 0. The Hall–Kier alpha value is -0.450. The zero-order chi connectivity index (χ0) is 8.27. The van der Waals surface area contributed by atoms with Crippen LogP contribution in [0.5, 0.6) is 0 Å². The van der Waals surface area contributed by atoms with Crippen molar-refractivity contribution >= 4 is 5.78 Å². The third-order valence-corrected chi connectivity index (χ3v) is 1.60. The maximum Gasteiger partial charge on any atom is 0.189 e. The summed E-state index contributed by atoms with van der Waals surface area (Å²) >= 11 is 0. The first-order valence-electron chi connectivity index (χ1n) is 3.50. The van der Waals surface area contributed by atoms with Crippen LogP contribution in [0, 0.1) is 0 Å². The van der Waals surface area contributed by atoms with E-state index in [4.69, 9.17) is 9.47 Å². The molecule has 0 aromatic carbocycles. The van der Waals surface area contributed by atoms with Gasteiger partial charge in [0.05, 0.1) is 6.10 Å². The van der Waals surface area contributed by atoms with Crippen LogP contribution in [0.3, 0.4) is 0 Å². The van der Waals surface area contributed by atoms with Gasteiger partial charge in [-0.2, -0.15) is 0 Å². The molecule has 4 nitrogen and oxygen atoms in total. The quantitative estimate of drug-likeness (QED) is 0.543. The van der Waals surface area contributed by atoms with E-state index in [9.17, 15) is 4.79 Å². The summed E-state index contributed by atoms with van der Waals surface area (Å²) in [5, 5.41) is 0. The summed E-state index contributed by atoms with van der Waals surface area (Å²) in [6.07, 6.45) is -0.576. The van der Waals surface area contributed by atoms with Crippen LogP contribution >= 0.6 is 0 Å². The van der Waals surface area contributed by atoms with E-state index >= 15 is 0 Å². The van der Waals surface area contributed by atoms with Crippen molar-refractivity contribution in [2.45, 2.75) is 19.1 Å². The predicted octanol–water partition coefficient (Wildman–Crippen LogP) is -0.0367. The minimum Gasteiger partial charge on any atom is -0.367 e. The lowest BCUT2D eigenvalue weighted by molar-refractivity contribution is -0.136. The number of ketones is 1. The van der Waals surface area contributed by atoms with Crippen LogP contribution in [-0.4, -0.2) is 38.5 Å². The van der Waals surface area contributed by atoms with E-state index < -0.39 is 6.10 Å². The Morgan fingerprint density at radius 1 is 1.73 bits per heavy atom. The normalized spacial score (nSPS) is 31.3. The molecule has 1 aliphatic heterocycles. The summed E-state index contributed by atoms with van der Waals surface area (Å²) in [4.78, 5) is 11.0. The van der Waals surface area contributed by atoms with Gasteiger partial charge in [-0.3, -0.25) is 4.79 Å². The van der Waals surface area contributed by atoms with Gasteiger partial charge in [0.15, 0.2) is 5.78 Å². The summed E-state index contributed by atoms with van der Waals surface area (Å²) < 4.78 is 14.8. The van der Waals surface area contributed by atoms with Crippen LogP contribution < -0.4 is 0 Å². The van der Waals surface area contributed by atoms with Crippen LogP contribution in [0.2, 0.25) is 0 Å². The molecule has 1 rings (SSSR count). The molecule has 0 N–H and O–H groups in total. The zero-order valence-electron chi connectivity index (χ0n) is 6.70. The van der Waals surface area contributed by atoms with Gasteiger partial charge in [-0.1, -0.05) is 0 Å². The first kappa shape index (κ1) is 8.64.